The summed E-state index contributed by atoms with van der Waals surface area (Å²) in [6.07, 6.45) is 0. The van der Waals surface area contributed by atoms with Gasteiger partial charge in [-0.15, -0.1) is 0 Å². The molecule has 0 saturated carbocycles. The van der Waals surface area contributed by atoms with Crippen LogP contribution in [0.3, 0.4) is 0 Å². The van der Waals surface area contributed by atoms with Crippen LogP contribution in [0.15, 0.2) is 28.8 Å². The molecule has 0 fully saturated rings. The Labute approximate surface area is 117 Å². The van der Waals surface area contributed by atoms with Gasteiger partial charge in [-0.1, -0.05) is 17.3 Å². The smallest absolute Gasteiger partial charge is 0.240 e. The van der Waals surface area contributed by atoms with Gasteiger partial charge < -0.3 is 10.3 Å². The molecule has 1 aromatic carbocycles. The molecule has 2 rings (SSSR count). The number of halogens is 1. The van der Waals surface area contributed by atoms with Gasteiger partial charge in [-0.2, -0.15) is 4.98 Å². The summed E-state index contributed by atoms with van der Waals surface area (Å²) in [5, 5.41) is 3.86. The van der Waals surface area contributed by atoms with Crippen LogP contribution in [0.2, 0.25) is 0 Å². The number of nitrogens with two attached hydrogens (primary N) is 1. The van der Waals surface area contributed by atoms with Gasteiger partial charge in [0.1, 0.15) is 5.82 Å². The average molecular weight is 278 g/mol. The predicted octanol–water partition coefficient (Wildman–Crippen LogP) is 2.03. The average Bonchev–Trinajstić information content (AvgIpc) is 2.76. The molecule has 2 N–H and O–H groups in total. The zero-order valence-corrected chi connectivity index (χ0v) is 11.9. The van der Waals surface area contributed by atoms with Crippen molar-refractivity contribution in [2.45, 2.75) is 32.5 Å². The van der Waals surface area contributed by atoms with E-state index < -0.39 is 5.54 Å². The van der Waals surface area contributed by atoms with Gasteiger partial charge >= 0.3 is 0 Å². The van der Waals surface area contributed by atoms with Gasteiger partial charge in [0.05, 0.1) is 12.1 Å². The summed E-state index contributed by atoms with van der Waals surface area (Å²) in [4.78, 5) is 6.23. The molecule has 0 amide bonds. The molecule has 0 aliphatic carbocycles. The van der Waals surface area contributed by atoms with Crippen molar-refractivity contribution in [1.82, 2.24) is 15.0 Å². The van der Waals surface area contributed by atoms with Crippen LogP contribution in [-0.2, 0) is 18.6 Å². The lowest BCUT2D eigenvalue weighted by molar-refractivity contribution is 0.259. The predicted molar refractivity (Wildman–Crippen MR) is 73.1 cm³/mol. The van der Waals surface area contributed by atoms with Gasteiger partial charge in [-0.25, -0.2) is 4.39 Å². The Balaban J connectivity index is 1.98. The number of hydrogen-bond acceptors (Lipinski definition) is 5. The molecule has 6 heteroatoms. The van der Waals surface area contributed by atoms with Crippen LogP contribution in [0, 0.1) is 5.82 Å². The Morgan fingerprint density at radius 1 is 1.35 bits per heavy atom. The molecule has 0 spiro atoms. The molecule has 20 heavy (non-hydrogen) atoms. The largest absolute Gasteiger partial charge is 0.338 e. The van der Waals surface area contributed by atoms with Gasteiger partial charge in [-0.3, -0.25) is 4.90 Å². The second-order valence-electron chi connectivity index (χ2n) is 5.54. The quantitative estimate of drug-likeness (QED) is 0.906. The van der Waals surface area contributed by atoms with Gasteiger partial charge in [0.15, 0.2) is 5.82 Å². The van der Waals surface area contributed by atoms with Crippen LogP contribution < -0.4 is 5.73 Å². The molecule has 0 bridgehead atoms. The fourth-order valence-electron chi connectivity index (χ4n) is 1.81. The lowest BCUT2D eigenvalue weighted by Crippen LogP contribution is -2.30. The minimum Gasteiger partial charge on any atom is -0.338 e. The fourth-order valence-corrected chi connectivity index (χ4v) is 1.81. The van der Waals surface area contributed by atoms with E-state index in [1.54, 1.807) is 6.07 Å². The summed E-state index contributed by atoms with van der Waals surface area (Å²) in [5.41, 5.74) is 6.17. The second kappa shape index (κ2) is 5.68. The highest BCUT2D eigenvalue weighted by Crippen LogP contribution is 2.14. The maximum absolute atomic E-state index is 13.1. The Morgan fingerprint density at radius 2 is 2.10 bits per heavy atom. The van der Waals surface area contributed by atoms with Crippen LogP contribution in [0.25, 0.3) is 0 Å². The van der Waals surface area contributed by atoms with E-state index in [2.05, 4.69) is 10.1 Å². The van der Waals surface area contributed by atoms with E-state index in [9.17, 15) is 4.39 Å². The fraction of sp³-hybridized carbons (Fsp3) is 0.429. The van der Waals surface area contributed by atoms with Crippen molar-refractivity contribution in [3.8, 4) is 0 Å². The molecule has 0 aliphatic rings. The number of nitrogens with zero attached hydrogens (tertiary/aromatic N) is 3. The summed E-state index contributed by atoms with van der Waals surface area (Å²) in [5.74, 6) is 0.741. The highest BCUT2D eigenvalue weighted by molar-refractivity contribution is 5.16. The molecular formula is C14H19FN4O. The van der Waals surface area contributed by atoms with E-state index in [1.165, 1.54) is 12.1 Å². The third-order valence-electron chi connectivity index (χ3n) is 2.79. The normalized spacial score (nSPS) is 12.1. The third kappa shape index (κ3) is 3.85. The number of rotatable bonds is 5. The zero-order valence-electron chi connectivity index (χ0n) is 11.9. The molecule has 0 unspecified atom stereocenters. The van der Waals surface area contributed by atoms with E-state index in [0.717, 1.165) is 5.56 Å². The Morgan fingerprint density at radius 3 is 2.70 bits per heavy atom. The molecule has 2 aromatic rings. The third-order valence-corrected chi connectivity index (χ3v) is 2.79. The Hall–Kier alpha value is -1.79. The standard InChI is InChI=1S/C14H19FN4O/c1-14(2,16)13-17-12(20-18-13)9-19(3)8-10-5-4-6-11(15)7-10/h4-7H,8-9,16H2,1-3H3. The topological polar surface area (TPSA) is 68.2 Å². The maximum atomic E-state index is 13.1. The number of hydrogen-bond donors (Lipinski definition) is 1. The van der Waals surface area contributed by atoms with Gasteiger partial charge in [-0.05, 0) is 38.6 Å². The summed E-state index contributed by atoms with van der Waals surface area (Å²) >= 11 is 0. The summed E-state index contributed by atoms with van der Waals surface area (Å²) < 4.78 is 18.3. The molecule has 0 atom stereocenters. The highest BCUT2D eigenvalue weighted by Gasteiger charge is 2.21. The van der Waals surface area contributed by atoms with E-state index in [1.807, 2.05) is 31.9 Å². The first-order chi connectivity index (χ1) is 9.34. The first-order valence-electron chi connectivity index (χ1n) is 6.39. The second-order valence-corrected chi connectivity index (χ2v) is 5.54. The first kappa shape index (κ1) is 14.6. The monoisotopic (exact) mass is 278 g/mol. The van der Waals surface area contributed by atoms with Crippen LogP contribution in [0.1, 0.15) is 31.1 Å². The zero-order chi connectivity index (χ0) is 14.8. The lowest BCUT2D eigenvalue weighted by Gasteiger charge is -2.14. The van der Waals surface area contributed by atoms with Crippen LogP contribution in [0.4, 0.5) is 4.39 Å². The van der Waals surface area contributed by atoms with Gasteiger partial charge in [0.25, 0.3) is 0 Å². The van der Waals surface area contributed by atoms with Crippen LogP contribution in [-0.4, -0.2) is 22.1 Å². The van der Waals surface area contributed by atoms with Crippen molar-refractivity contribution >= 4 is 0 Å². The van der Waals surface area contributed by atoms with Crippen molar-refractivity contribution in [3.63, 3.8) is 0 Å². The molecule has 108 valence electrons. The summed E-state index contributed by atoms with van der Waals surface area (Å²) in [6.45, 7) is 4.72. The van der Waals surface area contributed by atoms with E-state index >= 15 is 0 Å². The number of benzene rings is 1. The summed E-state index contributed by atoms with van der Waals surface area (Å²) in [7, 11) is 1.91. The number of aromatic nitrogens is 2. The van der Waals surface area contributed by atoms with Crippen molar-refractivity contribution < 1.29 is 8.91 Å². The van der Waals surface area contributed by atoms with E-state index in [0.29, 0.717) is 24.8 Å². The highest BCUT2D eigenvalue weighted by atomic mass is 19.1. The molecule has 0 saturated heterocycles. The molecule has 5 nitrogen and oxygen atoms in total. The van der Waals surface area contributed by atoms with E-state index in [4.69, 9.17) is 10.3 Å². The minimum atomic E-state index is -0.622. The molecular weight excluding hydrogens is 259 g/mol. The molecule has 0 aliphatic heterocycles. The van der Waals surface area contributed by atoms with E-state index in [-0.39, 0.29) is 5.82 Å². The SMILES string of the molecule is CN(Cc1cccc(F)c1)Cc1nc(C(C)(C)N)no1. The molecule has 0 radical (unpaired) electrons. The van der Waals surface area contributed by atoms with Crippen LogP contribution >= 0.6 is 0 Å². The van der Waals surface area contributed by atoms with Gasteiger partial charge in [0, 0.05) is 6.54 Å². The lowest BCUT2D eigenvalue weighted by atomic mass is 10.1. The first-order valence-corrected chi connectivity index (χ1v) is 6.39. The van der Waals surface area contributed by atoms with Crippen molar-refractivity contribution in [1.29, 1.82) is 0 Å². The maximum Gasteiger partial charge on any atom is 0.240 e. The summed E-state index contributed by atoms with van der Waals surface area (Å²) in [6, 6.07) is 6.51. The van der Waals surface area contributed by atoms with Crippen molar-refractivity contribution in [3.05, 3.63) is 47.4 Å². The van der Waals surface area contributed by atoms with Crippen LogP contribution in [0.5, 0.6) is 0 Å². The van der Waals surface area contributed by atoms with Gasteiger partial charge in [0.2, 0.25) is 5.89 Å². The van der Waals surface area contributed by atoms with Crippen molar-refractivity contribution in [2.75, 3.05) is 7.05 Å². The minimum absolute atomic E-state index is 0.235. The van der Waals surface area contributed by atoms with Crippen molar-refractivity contribution in [2.24, 2.45) is 5.73 Å². The Kier molecular flexibility index (Phi) is 4.15. The molecule has 1 aromatic heterocycles. The molecule has 1 heterocycles. The Bertz CT molecular complexity index is 577.